The minimum absolute atomic E-state index is 0.0428. The van der Waals surface area contributed by atoms with Crippen molar-refractivity contribution >= 4 is 34.8 Å². The molecular formula is C24H27N5O3. The van der Waals surface area contributed by atoms with E-state index in [-0.39, 0.29) is 18.4 Å². The molecule has 0 aliphatic heterocycles. The number of para-hydroxylation sites is 1. The van der Waals surface area contributed by atoms with Crippen LogP contribution in [0, 0.1) is 12.8 Å². The van der Waals surface area contributed by atoms with Crippen molar-refractivity contribution in [3.8, 4) is 0 Å². The third kappa shape index (κ3) is 5.40. The van der Waals surface area contributed by atoms with Crippen molar-refractivity contribution in [1.29, 1.82) is 0 Å². The highest BCUT2D eigenvalue weighted by molar-refractivity contribution is 6.01. The van der Waals surface area contributed by atoms with Crippen molar-refractivity contribution in [2.45, 2.75) is 33.4 Å². The van der Waals surface area contributed by atoms with Crippen LogP contribution in [0.3, 0.4) is 0 Å². The van der Waals surface area contributed by atoms with E-state index < -0.39 is 17.9 Å². The Morgan fingerprint density at radius 1 is 1.09 bits per heavy atom. The van der Waals surface area contributed by atoms with Gasteiger partial charge in [-0.2, -0.15) is 5.10 Å². The van der Waals surface area contributed by atoms with E-state index in [1.54, 1.807) is 22.9 Å². The summed E-state index contributed by atoms with van der Waals surface area (Å²) < 4.78 is 1.74. The fourth-order valence-electron chi connectivity index (χ4n) is 3.38. The number of hydrogen-bond acceptors (Lipinski definition) is 4. The summed E-state index contributed by atoms with van der Waals surface area (Å²) in [6.45, 7) is 5.68. The highest BCUT2D eigenvalue weighted by atomic mass is 16.2. The van der Waals surface area contributed by atoms with Crippen molar-refractivity contribution < 1.29 is 14.4 Å². The second-order valence-corrected chi connectivity index (χ2v) is 7.99. The van der Waals surface area contributed by atoms with Crippen LogP contribution < -0.4 is 16.5 Å². The summed E-state index contributed by atoms with van der Waals surface area (Å²) in [6, 6.07) is 13.9. The molecule has 0 fully saturated rings. The maximum Gasteiger partial charge on any atom is 0.262 e. The molecule has 0 bridgehead atoms. The van der Waals surface area contributed by atoms with Crippen molar-refractivity contribution in [3.63, 3.8) is 0 Å². The molecule has 3 amide bonds. The van der Waals surface area contributed by atoms with Crippen LogP contribution >= 0.6 is 0 Å². The van der Waals surface area contributed by atoms with Crippen LogP contribution in [-0.2, 0) is 16.1 Å². The lowest BCUT2D eigenvalue weighted by molar-refractivity contribution is -0.124. The summed E-state index contributed by atoms with van der Waals surface area (Å²) in [5, 5.41) is 7.72. The molecule has 8 nitrogen and oxygen atoms in total. The molecule has 4 N–H and O–H groups in total. The minimum Gasteiger partial charge on any atom is -0.368 e. The Morgan fingerprint density at radius 2 is 1.78 bits per heavy atom. The molecule has 0 unspecified atom stereocenters. The number of primary amides is 1. The van der Waals surface area contributed by atoms with Crippen LogP contribution in [0.15, 0.2) is 59.8 Å². The molecule has 2 aromatic carbocycles. The fourth-order valence-corrected chi connectivity index (χ4v) is 3.38. The van der Waals surface area contributed by atoms with Gasteiger partial charge in [0, 0.05) is 28.2 Å². The lowest BCUT2D eigenvalue weighted by atomic mass is 10.0. The molecular weight excluding hydrogens is 406 g/mol. The van der Waals surface area contributed by atoms with Gasteiger partial charge in [0.25, 0.3) is 11.8 Å². The SMILES string of the molecule is Cc1ccc(C(=O)N[C@H](C(=O)N/N=C/c2cn(CC(N)=O)c3ccccc23)C(C)C)cc1. The van der Waals surface area contributed by atoms with Gasteiger partial charge in [0.2, 0.25) is 5.91 Å². The summed E-state index contributed by atoms with van der Waals surface area (Å²) in [5.41, 5.74) is 10.9. The Kier molecular flexibility index (Phi) is 7.04. The molecule has 0 radical (unpaired) electrons. The predicted molar refractivity (Wildman–Crippen MR) is 124 cm³/mol. The van der Waals surface area contributed by atoms with Crippen molar-refractivity contribution in [1.82, 2.24) is 15.3 Å². The fraction of sp³-hybridized carbons (Fsp3) is 0.250. The van der Waals surface area contributed by atoms with E-state index in [0.29, 0.717) is 5.56 Å². The summed E-state index contributed by atoms with van der Waals surface area (Å²) >= 11 is 0. The first kappa shape index (κ1) is 22.7. The third-order valence-electron chi connectivity index (χ3n) is 5.07. The molecule has 1 atom stereocenters. The first-order chi connectivity index (χ1) is 15.3. The smallest absolute Gasteiger partial charge is 0.262 e. The molecule has 0 saturated heterocycles. The van der Waals surface area contributed by atoms with E-state index in [1.165, 1.54) is 6.21 Å². The number of nitrogens with one attached hydrogen (secondary N) is 2. The number of aryl methyl sites for hydroxylation is 1. The Labute approximate surface area is 186 Å². The summed E-state index contributed by atoms with van der Waals surface area (Å²) in [6.07, 6.45) is 3.26. The van der Waals surface area contributed by atoms with Crippen LogP contribution in [0.5, 0.6) is 0 Å². The van der Waals surface area contributed by atoms with Gasteiger partial charge < -0.3 is 15.6 Å². The van der Waals surface area contributed by atoms with Crippen LogP contribution in [-0.4, -0.2) is 34.5 Å². The number of amides is 3. The van der Waals surface area contributed by atoms with Crippen LogP contribution in [0.25, 0.3) is 10.9 Å². The van der Waals surface area contributed by atoms with Gasteiger partial charge in [-0.3, -0.25) is 14.4 Å². The van der Waals surface area contributed by atoms with Crippen LogP contribution in [0.4, 0.5) is 0 Å². The lowest BCUT2D eigenvalue weighted by Gasteiger charge is -2.20. The van der Waals surface area contributed by atoms with Gasteiger partial charge in [0.1, 0.15) is 12.6 Å². The molecule has 8 heteroatoms. The number of carbonyl (C=O) groups is 3. The summed E-state index contributed by atoms with van der Waals surface area (Å²) in [4.78, 5) is 36.6. The minimum atomic E-state index is -0.753. The summed E-state index contributed by atoms with van der Waals surface area (Å²) in [5.74, 6) is -1.33. The van der Waals surface area contributed by atoms with E-state index in [1.807, 2.05) is 57.2 Å². The second-order valence-electron chi connectivity index (χ2n) is 7.99. The molecule has 3 rings (SSSR count). The topological polar surface area (TPSA) is 119 Å². The van der Waals surface area contributed by atoms with E-state index in [4.69, 9.17) is 5.73 Å². The molecule has 0 spiro atoms. The molecule has 1 heterocycles. The van der Waals surface area contributed by atoms with Gasteiger partial charge in [-0.05, 0) is 31.0 Å². The standard InChI is InChI=1S/C24H27N5O3/c1-15(2)22(27-23(31)17-10-8-16(3)9-11-17)24(32)28-26-12-18-13-29(14-21(25)30)20-7-5-4-6-19(18)20/h4-13,15,22H,14H2,1-3H3,(H2,25,30)(H,27,31)(H,28,32)/b26-12+/t22-/m0/s1. The molecule has 32 heavy (non-hydrogen) atoms. The molecule has 1 aromatic heterocycles. The van der Waals surface area contributed by atoms with Crippen LogP contribution in [0.2, 0.25) is 0 Å². The Balaban J connectivity index is 1.72. The van der Waals surface area contributed by atoms with Gasteiger partial charge in [0.05, 0.1) is 6.21 Å². The van der Waals surface area contributed by atoms with Gasteiger partial charge in [0.15, 0.2) is 0 Å². The Hall–Kier alpha value is -3.94. The highest BCUT2D eigenvalue weighted by Gasteiger charge is 2.24. The molecule has 0 aliphatic carbocycles. The predicted octanol–water partition coefficient (Wildman–Crippen LogP) is 2.34. The van der Waals surface area contributed by atoms with Crippen molar-refractivity contribution in [3.05, 3.63) is 71.4 Å². The number of rotatable bonds is 8. The number of aromatic nitrogens is 1. The number of carbonyl (C=O) groups excluding carboxylic acids is 3. The largest absolute Gasteiger partial charge is 0.368 e. The normalized spacial score (nSPS) is 12.2. The van der Waals surface area contributed by atoms with Gasteiger partial charge in [-0.25, -0.2) is 5.43 Å². The number of nitrogens with two attached hydrogens (primary N) is 1. The zero-order chi connectivity index (χ0) is 23.3. The van der Waals surface area contributed by atoms with Gasteiger partial charge in [-0.1, -0.05) is 49.7 Å². The quantitative estimate of drug-likeness (QED) is 0.374. The first-order valence-electron chi connectivity index (χ1n) is 10.3. The number of benzene rings is 2. The Bertz CT molecular complexity index is 1160. The number of fused-ring (bicyclic) bond motifs is 1. The highest BCUT2D eigenvalue weighted by Crippen LogP contribution is 2.19. The summed E-state index contributed by atoms with van der Waals surface area (Å²) in [7, 11) is 0. The maximum absolute atomic E-state index is 12.7. The average Bonchev–Trinajstić information content (AvgIpc) is 3.09. The van der Waals surface area contributed by atoms with E-state index in [9.17, 15) is 14.4 Å². The van der Waals surface area contributed by atoms with Crippen LogP contribution in [0.1, 0.15) is 35.3 Å². The molecule has 166 valence electrons. The first-order valence-corrected chi connectivity index (χ1v) is 10.3. The molecule has 3 aromatic rings. The zero-order valence-corrected chi connectivity index (χ0v) is 18.3. The van der Waals surface area contributed by atoms with E-state index in [2.05, 4.69) is 15.8 Å². The number of nitrogens with zero attached hydrogens (tertiary/aromatic N) is 2. The third-order valence-corrected chi connectivity index (χ3v) is 5.07. The second kappa shape index (κ2) is 9.91. The van der Waals surface area contributed by atoms with Crippen molar-refractivity contribution in [2.24, 2.45) is 16.8 Å². The molecule has 0 saturated carbocycles. The van der Waals surface area contributed by atoms with Gasteiger partial charge in [-0.15, -0.1) is 0 Å². The van der Waals surface area contributed by atoms with E-state index >= 15 is 0 Å². The number of hydrogen-bond donors (Lipinski definition) is 3. The average molecular weight is 434 g/mol. The zero-order valence-electron chi connectivity index (χ0n) is 18.3. The monoisotopic (exact) mass is 433 g/mol. The lowest BCUT2D eigenvalue weighted by Crippen LogP contribution is -2.48. The van der Waals surface area contributed by atoms with Gasteiger partial charge >= 0.3 is 0 Å². The molecule has 0 aliphatic rings. The van der Waals surface area contributed by atoms with E-state index in [0.717, 1.165) is 22.0 Å². The maximum atomic E-state index is 12.7. The van der Waals surface area contributed by atoms with Crippen molar-refractivity contribution in [2.75, 3.05) is 0 Å². The Morgan fingerprint density at radius 3 is 2.44 bits per heavy atom. The number of hydrazone groups is 1.